The fourth-order valence-corrected chi connectivity index (χ4v) is 1.31. The fourth-order valence-electron chi connectivity index (χ4n) is 1.31. The van der Waals surface area contributed by atoms with Gasteiger partial charge in [0.2, 0.25) is 0 Å². The average molecular weight is 298 g/mol. The maximum absolute atomic E-state index is 9.59. The third-order valence-electron chi connectivity index (χ3n) is 2.69. The first-order valence-corrected chi connectivity index (χ1v) is 5.07. The summed E-state index contributed by atoms with van der Waals surface area (Å²) >= 11 is 0. The number of likely N-dealkylation sites (N-methyl/N-ethyl adjacent to an activating group) is 1. The van der Waals surface area contributed by atoms with Gasteiger partial charge in [-0.25, -0.2) is 0 Å². The van der Waals surface area contributed by atoms with Gasteiger partial charge in [-0.15, -0.1) is 0 Å². The summed E-state index contributed by atoms with van der Waals surface area (Å²) in [4.78, 5) is 0. The first-order chi connectivity index (χ1) is 6.96. The molecule has 0 spiro atoms. The van der Waals surface area contributed by atoms with Gasteiger partial charge in [-0.3, -0.25) is 6.92 Å². The second kappa shape index (κ2) is 6.58. The molecule has 0 heterocycles. The molecule has 3 nitrogen and oxygen atoms in total. The Balaban J connectivity index is 0.00000225. The van der Waals surface area contributed by atoms with Crippen LogP contribution in [0.2, 0.25) is 0 Å². The molecule has 0 amide bonds. The SMILES string of the molecule is [CH2-]C[N+](C)(C)CCc1cccc(O)c1O.[Y]. The van der Waals surface area contributed by atoms with Crippen LogP contribution >= 0.6 is 0 Å². The van der Waals surface area contributed by atoms with E-state index in [1.54, 1.807) is 6.07 Å². The predicted molar refractivity (Wildman–Crippen MR) is 60.7 cm³/mol. The monoisotopic (exact) mass is 298 g/mol. The Morgan fingerprint density at radius 2 is 1.88 bits per heavy atom. The van der Waals surface area contributed by atoms with Crippen LogP contribution in [0.1, 0.15) is 5.56 Å². The summed E-state index contributed by atoms with van der Waals surface area (Å²) in [5.41, 5.74) is 0.787. The predicted octanol–water partition coefficient (Wildman–Crippen LogP) is 1.55. The van der Waals surface area contributed by atoms with E-state index >= 15 is 0 Å². The van der Waals surface area contributed by atoms with Crippen LogP contribution in [0.4, 0.5) is 0 Å². The molecule has 4 heteroatoms. The maximum Gasteiger partial charge on any atom is 0.160 e. The molecule has 0 bridgehead atoms. The van der Waals surface area contributed by atoms with E-state index in [-0.39, 0.29) is 44.2 Å². The minimum atomic E-state index is -0.0487. The van der Waals surface area contributed by atoms with E-state index in [1.807, 2.05) is 6.07 Å². The van der Waals surface area contributed by atoms with Crippen LogP contribution in [0.15, 0.2) is 18.2 Å². The number of para-hydroxylation sites is 1. The normalized spacial score (nSPS) is 10.9. The minimum absolute atomic E-state index is 0. The van der Waals surface area contributed by atoms with Crippen molar-refractivity contribution in [2.45, 2.75) is 6.42 Å². The minimum Gasteiger partial charge on any atom is -0.504 e. The molecule has 0 saturated carbocycles. The van der Waals surface area contributed by atoms with Crippen LogP contribution in [0.3, 0.4) is 0 Å². The van der Waals surface area contributed by atoms with E-state index in [1.165, 1.54) is 6.07 Å². The van der Waals surface area contributed by atoms with Gasteiger partial charge < -0.3 is 14.7 Å². The van der Waals surface area contributed by atoms with Crippen molar-refractivity contribution in [3.63, 3.8) is 0 Å². The molecule has 2 N–H and O–H groups in total. The molecule has 1 radical (unpaired) electrons. The number of rotatable bonds is 4. The summed E-state index contributed by atoms with van der Waals surface area (Å²) in [6, 6.07) is 5.06. The van der Waals surface area contributed by atoms with Gasteiger partial charge in [0.25, 0.3) is 0 Å². The molecule has 16 heavy (non-hydrogen) atoms. The number of aromatic hydroxyl groups is 2. The fraction of sp³-hybridized carbons (Fsp3) is 0.417. The van der Waals surface area contributed by atoms with Crippen LogP contribution in [0, 0.1) is 6.92 Å². The van der Waals surface area contributed by atoms with Crippen molar-refractivity contribution in [2.75, 3.05) is 27.2 Å². The zero-order valence-electron chi connectivity index (χ0n) is 9.98. The first kappa shape index (κ1) is 15.9. The quantitative estimate of drug-likeness (QED) is 0.503. The molecule has 0 fully saturated rings. The van der Waals surface area contributed by atoms with Gasteiger partial charge in [-0.1, -0.05) is 12.1 Å². The molecule has 0 aromatic heterocycles. The van der Waals surface area contributed by atoms with Gasteiger partial charge in [0.05, 0.1) is 20.6 Å². The molecule has 0 aliphatic rings. The van der Waals surface area contributed by atoms with E-state index in [0.29, 0.717) is 0 Å². The molecule has 1 rings (SSSR count). The summed E-state index contributed by atoms with van der Waals surface area (Å²) in [6.45, 7) is 5.56. The van der Waals surface area contributed by atoms with E-state index in [0.717, 1.165) is 29.6 Å². The van der Waals surface area contributed by atoms with Crippen LogP contribution < -0.4 is 0 Å². The first-order valence-electron chi connectivity index (χ1n) is 5.07. The molecule has 0 aliphatic carbocycles. The second-order valence-electron chi connectivity index (χ2n) is 4.42. The number of phenols is 2. The van der Waals surface area contributed by atoms with Gasteiger partial charge in [-0.05, 0) is 12.6 Å². The van der Waals surface area contributed by atoms with Crippen molar-refractivity contribution in [2.24, 2.45) is 0 Å². The molecule has 1 aromatic carbocycles. The third kappa shape index (κ3) is 4.40. The molecule has 0 atom stereocenters. The average Bonchev–Trinajstić information content (AvgIpc) is 2.20. The second-order valence-corrected chi connectivity index (χ2v) is 4.42. The number of phenolic OH excluding ortho intramolecular Hbond substituents is 2. The number of nitrogens with zero attached hydrogens (tertiary/aromatic N) is 1. The number of quaternary nitrogens is 1. The van der Waals surface area contributed by atoms with Crippen LogP contribution in [0.5, 0.6) is 11.5 Å². The molecule has 0 unspecified atom stereocenters. The summed E-state index contributed by atoms with van der Waals surface area (Å²) in [5.74, 6) is -0.0472. The Kier molecular flexibility index (Phi) is 6.53. The summed E-state index contributed by atoms with van der Waals surface area (Å²) in [6.07, 6.45) is 0.739. The van der Waals surface area contributed by atoms with Crippen LogP contribution in [-0.4, -0.2) is 41.9 Å². The number of hydrogen-bond acceptors (Lipinski definition) is 2. The van der Waals surface area contributed by atoms with E-state index in [2.05, 4.69) is 21.0 Å². The van der Waals surface area contributed by atoms with Gasteiger partial charge in [0.15, 0.2) is 11.5 Å². The van der Waals surface area contributed by atoms with Gasteiger partial charge in [-0.2, -0.15) is 0 Å². The zero-order valence-corrected chi connectivity index (χ0v) is 12.8. The van der Waals surface area contributed by atoms with E-state index < -0.39 is 0 Å². The van der Waals surface area contributed by atoms with Gasteiger partial charge in [0, 0.05) is 44.7 Å². The van der Waals surface area contributed by atoms with Crippen LogP contribution in [-0.2, 0) is 39.1 Å². The molecule has 1 aromatic rings. The smallest absolute Gasteiger partial charge is 0.160 e. The van der Waals surface area contributed by atoms with E-state index in [4.69, 9.17) is 0 Å². The Labute approximate surface area is 123 Å². The zero-order chi connectivity index (χ0) is 11.5. The van der Waals surface area contributed by atoms with Crippen molar-refractivity contribution in [3.8, 4) is 11.5 Å². The van der Waals surface area contributed by atoms with Gasteiger partial charge in [0.1, 0.15) is 0 Å². The largest absolute Gasteiger partial charge is 0.504 e. The molecular formula is C12H19NO2Y. The van der Waals surface area contributed by atoms with Crippen molar-refractivity contribution in [3.05, 3.63) is 30.7 Å². The van der Waals surface area contributed by atoms with Gasteiger partial charge >= 0.3 is 0 Å². The maximum atomic E-state index is 9.59. The van der Waals surface area contributed by atoms with Crippen molar-refractivity contribution in [1.82, 2.24) is 0 Å². The van der Waals surface area contributed by atoms with Crippen molar-refractivity contribution < 1.29 is 47.4 Å². The molecule has 0 saturated heterocycles. The molecule has 0 aliphatic heterocycles. The number of hydrogen-bond donors (Lipinski definition) is 2. The summed E-state index contributed by atoms with van der Waals surface area (Å²) < 4.78 is 0.801. The summed E-state index contributed by atoms with van der Waals surface area (Å²) in [7, 11) is 4.18. The standard InChI is InChI=1S/C12H19NO2.Y/c1-4-13(2,3)9-8-10-6-5-7-11(14)12(10)15;/h5-7,14-15H,1,4,8-9H2,2-3H3;. The van der Waals surface area contributed by atoms with E-state index in [9.17, 15) is 10.2 Å². The third-order valence-corrected chi connectivity index (χ3v) is 2.69. The topological polar surface area (TPSA) is 40.5 Å². The molecular weight excluding hydrogens is 279 g/mol. The summed E-state index contributed by atoms with van der Waals surface area (Å²) in [5, 5.41) is 18.9. The van der Waals surface area contributed by atoms with Crippen molar-refractivity contribution >= 4 is 0 Å². The Hall–Kier alpha value is -0.116. The Morgan fingerprint density at radius 1 is 1.25 bits per heavy atom. The molecule has 87 valence electrons. The Morgan fingerprint density at radius 3 is 2.44 bits per heavy atom. The Bertz CT molecular complexity index is 340. The number of benzene rings is 1. The van der Waals surface area contributed by atoms with Crippen molar-refractivity contribution in [1.29, 1.82) is 0 Å². The van der Waals surface area contributed by atoms with Crippen LogP contribution in [0.25, 0.3) is 0 Å².